The van der Waals surface area contributed by atoms with Crippen LogP contribution in [0.1, 0.15) is 16.1 Å². The third-order valence-electron chi connectivity index (χ3n) is 7.11. The van der Waals surface area contributed by atoms with Gasteiger partial charge in [-0.2, -0.15) is 0 Å². The average Bonchev–Trinajstić information content (AvgIpc) is 3.82. The van der Waals surface area contributed by atoms with E-state index in [1.807, 2.05) is 30.3 Å². The third kappa shape index (κ3) is 8.78. The number of nitro benzene ring substituents is 1. The van der Waals surface area contributed by atoms with Crippen molar-refractivity contribution in [3.63, 3.8) is 0 Å². The topological polar surface area (TPSA) is 156 Å². The van der Waals surface area contributed by atoms with Gasteiger partial charge < -0.3 is 20.4 Å². The summed E-state index contributed by atoms with van der Waals surface area (Å²) in [5, 5.41) is 21.4. The second-order valence-electron chi connectivity index (χ2n) is 10.6. The highest BCUT2D eigenvalue weighted by Crippen LogP contribution is 2.28. The van der Waals surface area contributed by atoms with E-state index in [-0.39, 0.29) is 23.0 Å². The van der Waals surface area contributed by atoms with Gasteiger partial charge in [-0.3, -0.25) is 24.5 Å². The number of non-ortho nitro benzene ring substituents is 1. The molecule has 248 valence electrons. The van der Waals surface area contributed by atoms with Crippen LogP contribution >= 0.6 is 23.1 Å². The van der Waals surface area contributed by atoms with Crippen molar-refractivity contribution in [3.05, 3.63) is 154 Å². The molecular formula is C37H27N5O6S2. The molecule has 0 fully saturated rings. The maximum atomic E-state index is 13.4. The van der Waals surface area contributed by atoms with Gasteiger partial charge in [0.05, 0.1) is 16.4 Å². The van der Waals surface area contributed by atoms with E-state index in [1.54, 1.807) is 84.2 Å². The summed E-state index contributed by atoms with van der Waals surface area (Å²) in [6, 6.07) is 34.6. The Morgan fingerprint density at radius 2 is 1.52 bits per heavy atom. The number of amides is 3. The number of benzene rings is 4. The summed E-state index contributed by atoms with van der Waals surface area (Å²) in [5.41, 5.74) is 3.02. The van der Waals surface area contributed by atoms with Crippen molar-refractivity contribution in [2.75, 3.05) is 16.4 Å². The Balaban J connectivity index is 1.07. The number of nitrogens with zero attached hydrogens (tertiary/aromatic N) is 2. The quantitative estimate of drug-likeness (QED) is 0.0500. The van der Waals surface area contributed by atoms with Crippen LogP contribution in [0.4, 0.5) is 16.5 Å². The van der Waals surface area contributed by atoms with Gasteiger partial charge in [-0.25, -0.2) is 4.98 Å². The standard InChI is InChI=1S/C37H27N5O6S2/c43-34(41-37-40-32(22-50-37)24-11-15-28(16-12-24)42(46)47)23-49-30-18-13-27(14-19-30)38-36(45)31(39-35(44)26-9-5-2-6-10-26)21-29-17-20-33(48-29)25-7-3-1-4-8-25/h1-22H,23H2,(H,38,45)(H,39,44)(H,40,41,43)/b31-21-. The lowest BCUT2D eigenvalue weighted by Crippen LogP contribution is -2.30. The average molecular weight is 702 g/mol. The molecule has 11 nitrogen and oxygen atoms in total. The molecule has 2 aromatic heterocycles. The zero-order chi connectivity index (χ0) is 34.9. The van der Waals surface area contributed by atoms with Gasteiger partial charge in [-0.05, 0) is 60.7 Å². The molecule has 0 aliphatic heterocycles. The van der Waals surface area contributed by atoms with Crippen molar-refractivity contribution in [1.29, 1.82) is 0 Å². The number of nitrogens with one attached hydrogen (secondary N) is 3. The minimum absolute atomic E-state index is 0.0122. The number of carbonyl (C=O) groups excluding carboxylic acids is 3. The number of hydrogen-bond donors (Lipinski definition) is 3. The van der Waals surface area contributed by atoms with Crippen LogP contribution in [-0.4, -0.2) is 33.4 Å². The molecule has 0 aliphatic rings. The summed E-state index contributed by atoms with van der Waals surface area (Å²) < 4.78 is 5.95. The molecule has 0 atom stereocenters. The molecule has 3 amide bonds. The molecule has 3 N–H and O–H groups in total. The lowest BCUT2D eigenvalue weighted by molar-refractivity contribution is -0.384. The number of thioether (sulfide) groups is 1. The smallest absolute Gasteiger partial charge is 0.272 e. The van der Waals surface area contributed by atoms with Gasteiger partial charge in [0.2, 0.25) is 5.91 Å². The fourth-order valence-electron chi connectivity index (χ4n) is 4.63. The molecule has 4 aromatic carbocycles. The summed E-state index contributed by atoms with van der Waals surface area (Å²) in [6.07, 6.45) is 1.47. The van der Waals surface area contributed by atoms with Crippen LogP contribution in [0.25, 0.3) is 28.7 Å². The Labute approximate surface area is 294 Å². The van der Waals surface area contributed by atoms with E-state index >= 15 is 0 Å². The SMILES string of the molecule is O=C(CSc1ccc(NC(=O)/C(=C/c2ccc(-c3ccccc3)o2)NC(=O)c2ccccc2)cc1)Nc1nc(-c2ccc([N+](=O)[O-])cc2)cs1. The molecular weight excluding hydrogens is 675 g/mol. The number of carbonyl (C=O) groups is 3. The van der Waals surface area contributed by atoms with Crippen LogP contribution in [-0.2, 0) is 9.59 Å². The van der Waals surface area contributed by atoms with Gasteiger partial charge in [-0.1, -0.05) is 48.5 Å². The summed E-state index contributed by atoms with van der Waals surface area (Å²) in [5.74, 6) is -0.145. The van der Waals surface area contributed by atoms with Crippen LogP contribution in [0.5, 0.6) is 0 Å². The maximum absolute atomic E-state index is 13.4. The van der Waals surface area contributed by atoms with Crippen molar-refractivity contribution >= 4 is 63.4 Å². The van der Waals surface area contributed by atoms with E-state index in [9.17, 15) is 24.5 Å². The number of rotatable bonds is 12. The first-order valence-corrected chi connectivity index (χ1v) is 16.9. The minimum Gasteiger partial charge on any atom is -0.457 e. The van der Waals surface area contributed by atoms with E-state index in [2.05, 4.69) is 20.9 Å². The summed E-state index contributed by atoms with van der Waals surface area (Å²) in [7, 11) is 0. The number of anilines is 2. The van der Waals surface area contributed by atoms with Gasteiger partial charge in [-0.15, -0.1) is 23.1 Å². The lowest BCUT2D eigenvalue weighted by Gasteiger charge is -2.11. The number of thiazole rings is 1. The van der Waals surface area contributed by atoms with Crippen LogP contribution in [0.15, 0.2) is 142 Å². The van der Waals surface area contributed by atoms with Gasteiger partial charge in [0.25, 0.3) is 17.5 Å². The number of aromatic nitrogens is 1. The first-order valence-electron chi connectivity index (χ1n) is 15.1. The van der Waals surface area contributed by atoms with Crippen LogP contribution in [0.3, 0.4) is 0 Å². The molecule has 6 rings (SSSR count). The van der Waals surface area contributed by atoms with Crippen LogP contribution in [0, 0.1) is 10.1 Å². The monoisotopic (exact) mass is 701 g/mol. The highest BCUT2D eigenvalue weighted by molar-refractivity contribution is 8.00. The number of nitro groups is 1. The molecule has 0 spiro atoms. The Morgan fingerprint density at radius 1 is 0.820 bits per heavy atom. The molecule has 0 saturated carbocycles. The molecule has 0 saturated heterocycles. The normalized spacial score (nSPS) is 11.1. The number of hydrogen-bond acceptors (Lipinski definition) is 9. The van der Waals surface area contributed by atoms with Crippen LogP contribution in [0.2, 0.25) is 0 Å². The van der Waals surface area contributed by atoms with Crippen molar-refractivity contribution in [1.82, 2.24) is 10.3 Å². The molecule has 13 heteroatoms. The Morgan fingerprint density at radius 3 is 2.22 bits per heavy atom. The highest BCUT2D eigenvalue weighted by Gasteiger charge is 2.17. The van der Waals surface area contributed by atoms with Crippen molar-refractivity contribution < 1.29 is 23.7 Å². The highest BCUT2D eigenvalue weighted by atomic mass is 32.2. The first-order chi connectivity index (χ1) is 24.3. The fourth-order valence-corrected chi connectivity index (χ4v) is 6.06. The van der Waals surface area contributed by atoms with E-state index in [0.29, 0.717) is 39.2 Å². The van der Waals surface area contributed by atoms with Crippen molar-refractivity contribution in [2.45, 2.75) is 4.90 Å². The van der Waals surface area contributed by atoms with Gasteiger partial charge in [0.15, 0.2) is 5.13 Å². The molecule has 50 heavy (non-hydrogen) atoms. The lowest BCUT2D eigenvalue weighted by atomic mass is 10.1. The largest absolute Gasteiger partial charge is 0.457 e. The predicted octanol–water partition coefficient (Wildman–Crippen LogP) is 8.12. The Bertz CT molecular complexity index is 2160. The maximum Gasteiger partial charge on any atom is 0.272 e. The molecule has 0 aliphatic carbocycles. The van der Waals surface area contributed by atoms with E-state index in [1.165, 1.54) is 41.3 Å². The first kappa shape index (κ1) is 33.6. The zero-order valence-electron chi connectivity index (χ0n) is 26.1. The van der Waals surface area contributed by atoms with E-state index in [0.717, 1.165) is 10.5 Å². The minimum atomic E-state index is -0.553. The van der Waals surface area contributed by atoms with E-state index < -0.39 is 16.7 Å². The third-order valence-corrected chi connectivity index (χ3v) is 8.88. The summed E-state index contributed by atoms with van der Waals surface area (Å²) in [4.78, 5) is 54.7. The van der Waals surface area contributed by atoms with Crippen molar-refractivity contribution in [2.24, 2.45) is 0 Å². The van der Waals surface area contributed by atoms with Crippen molar-refractivity contribution in [3.8, 4) is 22.6 Å². The van der Waals surface area contributed by atoms with Gasteiger partial charge in [0, 0.05) is 50.9 Å². The van der Waals surface area contributed by atoms with E-state index in [4.69, 9.17) is 4.42 Å². The summed E-state index contributed by atoms with van der Waals surface area (Å²) in [6.45, 7) is 0. The second kappa shape index (κ2) is 15.7. The second-order valence-corrected chi connectivity index (χ2v) is 12.5. The fraction of sp³-hybridized carbons (Fsp3) is 0.0270. The molecule has 2 heterocycles. The molecule has 0 radical (unpaired) electrons. The molecule has 0 bridgehead atoms. The molecule has 6 aromatic rings. The zero-order valence-corrected chi connectivity index (χ0v) is 27.7. The van der Waals surface area contributed by atoms with Gasteiger partial charge in [0.1, 0.15) is 17.2 Å². The Hall–Kier alpha value is -6.31. The van der Waals surface area contributed by atoms with Gasteiger partial charge >= 0.3 is 0 Å². The predicted molar refractivity (Wildman–Crippen MR) is 195 cm³/mol. The number of furan rings is 1. The summed E-state index contributed by atoms with van der Waals surface area (Å²) >= 11 is 2.56. The van der Waals surface area contributed by atoms with Crippen LogP contribution < -0.4 is 16.0 Å². The Kier molecular flexibility index (Phi) is 10.6. The molecule has 0 unspecified atom stereocenters.